The third-order valence-electron chi connectivity index (χ3n) is 3.96. The van der Waals surface area contributed by atoms with Gasteiger partial charge in [-0.3, -0.25) is 14.6 Å². The van der Waals surface area contributed by atoms with Gasteiger partial charge in [0.25, 0.3) is 5.56 Å². The maximum absolute atomic E-state index is 11.7. The van der Waals surface area contributed by atoms with Crippen molar-refractivity contribution in [3.63, 3.8) is 0 Å². The predicted octanol–water partition coefficient (Wildman–Crippen LogP) is 0.358. The van der Waals surface area contributed by atoms with Crippen LogP contribution in [0.25, 0.3) is 0 Å². The van der Waals surface area contributed by atoms with Crippen LogP contribution in [0.4, 0.5) is 0 Å². The third kappa shape index (κ3) is 3.80. The molecular weight excluding hydrogens is 282 g/mol. The molecule has 0 bridgehead atoms. The number of piperazine rings is 1. The lowest BCUT2D eigenvalue weighted by molar-refractivity contribution is 0.114. The van der Waals surface area contributed by atoms with Gasteiger partial charge in [0.1, 0.15) is 0 Å². The summed E-state index contributed by atoms with van der Waals surface area (Å²) in [6.07, 6.45) is 1.68. The van der Waals surface area contributed by atoms with E-state index >= 15 is 0 Å². The molecule has 118 valence electrons. The molecule has 0 aliphatic carbocycles. The van der Waals surface area contributed by atoms with Crippen LogP contribution in [0.1, 0.15) is 11.5 Å². The molecule has 3 rings (SSSR count). The van der Waals surface area contributed by atoms with Crippen LogP contribution in [0.15, 0.2) is 33.7 Å². The molecule has 0 aromatic carbocycles. The van der Waals surface area contributed by atoms with E-state index < -0.39 is 0 Å². The fourth-order valence-corrected chi connectivity index (χ4v) is 2.66. The summed E-state index contributed by atoms with van der Waals surface area (Å²) in [4.78, 5) is 16.5. The van der Waals surface area contributed by atoms with E-state index in [0.717, 1.165) is 50.7 Å². The summed E-state index contributed by atoms with van der Waals surface area (Å²) in [7, 11) is 0. The Balaban J connectivity index is 1.46. The standard InChI is InChI=1S/C15H21N5O2/c1-13-2-3-15(21)20(17-13)11-10-18-6-8-19(9-7-18)12-14-4-5-16-22-14/h2-5H,6-12H2,1H3. The molecule has 2 aromatic heterocycles. The van der Waals surface area contributed by atoms with Crippen molar-refractivity contribution in [2.45, 2.75) is 20.0 Å². The second kappa shape index (κ2) is 6.85. The number of hydrogen-bond acceptors (Lipinski definition) is 6. The van der Waals surface area contributed by atoms with Crippen LogP contribution >= 0.6 is 0 Å². The molecule has 0 saturated carbocycles. The van der Waals surface area contributed by atoms with Crippen molar-refractivity contribution >= 4 is 0 Å². The van der Waals surface area contributed by atoms with E-state index in [4.69, 9.17) is 4.52 Å². The number of aryl methyl sites for hydroxylation is 1. The van der Waals surface area contributed by atoms with E-state index in [-0.39, 0.29) is 5.56 Å². The van der Waals surface area contributed by atoms with E-state index in [1.165, 1.54) is 0 Å². The summed E-state index contributed by atoms with van der Waals surface area (Å²) in [6.45, 7) is 8.19. The number of aromatic nitrogens is 3. The van der Waals surface area contributed by atoms with E-state index in [1.807, 2.05) is 13.0 Å². The van der Waals surface area contributed by atoms with E-state index in [0.29, 0.717) is 6.54 Å². The van der Waals surface area contributed by atoms with Crippen LogP contribution in [-0.2, 0) is 13.1 Å². The Hall–Kier alpha value is -1.99. The average molecular weight is 303 g/mol. The molecule has 0 atom stereocenters. The second-order valence-electron chi connectivity index (χ2n) is 5.63. The SMILES string of the molecule is Cc1ccc(=O)n(CCN2CCN(Cc3ccno3)CC2)n1. The van der Waals surface area contributed by atoms with Crippen LogP contribution < -0.4 is 5.56 Å². The summed E-state index contributed by atoms with van der Waals surface area (Å²) in [5.41, 5.74) is 0.839. The van der Waals surface area contributed by atoms with Crippen molar-refractivity contribution in [2.75, 3.05) is 32.7 Å². The zero-order valence-electron chi connectivity index (χ0n) is 12.8. The van der Waals surface area contributed by atoms with Crippen LogP contribution in [0.5, 0.6) is 0 Å². The van der Waals surface area contributed by atoms with Gasteiger partial charge in [0, 0.05) is 44.9 Å². The maximum Gasteiger partial charge on any atom is 0.266 e. The molecule has 0 amide bonds. The Bertz CT molecular complexity index is 644. The third-order valence-corrected chi connectivity index (χ3v) is 3.96. The average Bonchev–Trinajstić information content (AvgIpc) is 3.03. The topological polar surface area (TPSA) is 67.4 Å². The van der Waals surface area contributed by atoms with Gasteiger partial charge in [0.05, 0.1) is 25.0 Å². The first-order chi connectivity index (χ1) is 10.7. The lowest BCUT2D eigenvalue weighted by Gasteiger charge is -2.34. The molecule has 0 radical (unpaired) electrons. The highest BCUT2D eigenvalue weighted by Gasteiger charge is 2.17. The van der Waals surface area contributed by atoms with Gasteiger partial charge in [-0.25, -0.2) is 4.68 Å². The Morgan fingerprint density at radius 1 is 1.09 bits per heavy atom. The van der Waals surface area contributed by atoms with Crippen molar-refractivity contribution in [2.24, 2.45) is 0 Å². The van der Waals surface area contributed by atoms with Crippen LogP contribution in [0, 0.1) is 6.92 Å². The normalized spacial score (nSPS) is 17.0. The molecular formula is C15H21N5O2. The minimum absolute atomic E-state index is 0.0328. The molecule has 7 heteroatoms. The summed E-state index contributed by atoms with van der Waals surface area (Å²) in [5.74, 6) is 0.906. The van der Waals surface area contributed by atoms with Gasteiger partial charge in [-0.2, -0.15) is 5.10 Å². The predicted molar refractivity (Wildman–Crippen MR) is 81.5 cm³/mol. The highest BCUT2D eigenvalue weighted by Crippen LogP contribution is 2.07. The maximum atomic E-state index is 11.7. The lowest BCUT2D eigenvalue weighted by atomic mass is 10.3. The van der Waals surface area contributed by atoms with Gasteiger partial charge < -0.3 is 4.52 Å². The van der Waals surface area contributed by atoms with Crippen molar-refractivity contribution in [1.82, 2.24) is 24.7 Å². The van der Waals surface area contributed by atoms with Gasteiger partial charge >= 0.3 is 0 Å². The molecule has 1 aliphatic heterocycles. The summed E-state index contributed by atoms with van der Waals surface area (Å²) < 4.78 is 6.69. The summed E-state index contributed by atoms with van der Waals surface area (Å²) in [6, 6.07) is 5.24. The van der Waals surface area contributed by atoms with Crippen LogP contribution in [0.2, 0.25) is 0 Å². The second-order valence-corrected chi connectivity index (χ2v) is 5.63. The zero-order chi connectivity index (χ0) is 15.4. The first-order valence-electron chi connectivity index (χ1n) is 7.60. The molecule has 2 aromatic rings. The van der Waals surface area contributed by atoms with Crippen LogP contribution in [0.3, 0.4) is 0 Å². The van der Waals surface area contributed by atoms with Gasteiger partial charge in [-0.15, -0.1) is 0 Å². The van der Waals surface area contributed by atoms with Gasteiger partial charge in [0.15, 0.2) is 5.76 Å². The number of rotatable bonds is 5. The minimum atomic E-state index is -0.0328. The van der Waals surface area contributed by atoms with E-state index in [1.54, 1.807) is 23.0 Å². The molecule has 1 aliphatic rings. The fourth-order valence-electron chi connectivity index (χ4n) is 2.66. The highest BCUT2D eigenvalue weighted by molar-refractivity contribution is 4.97. The monoisotopic (exact) mass is 303 g/mol. The van der Waals surface area contributed by atoms with E-state index in [9.17, 15) is 4.79 Å². The largest absolute Gasteiger partial charge is 0.360 e. The van der Waals surface area contributed by atoms with E-state index in [2.05, 4.69) is 20.1 Å². The smallest absolute Gasteiger partial charge is 0.266 e. The van der Waals surface area contributed by atoms with Crippen molar-refractivity contribution in [3.05, 3.63) is 46.2 Å². The molecule has 0 N–H and O–H groups in total. The number of nitrogens with zero attached hydrogens (tertiary/aromatic N) is 5. The Morgan fingerprint density at radius 2 is 1.86 bits per heavy atom. The summed E-state index contributed by atoms with van der Waals surface area (Å²) in [5, 5.41) is 8.00. The Kier molecular flexibility index (Phi) is 4.65. The van der Waals surface area contributed by atoms with Crippen molar-refractivity contribution in [1.29, 1.82) is 0 Å². The lowest BCUT2D eigenvalue weighted by Crippen LogP contribution is -2.47. The quantitative estimate of drug-likeness (QED) is 0.794. The molecule has 0 unspecified atom stereocenters. The van der Waals surface area contributed by atoms with Crippen LogP contribution in [-0.4, -0.2) is 57.5 Å². The van der Waals surface area contributed by atoms with Gasteiger partial charge in [-0.05, 0) is 13.0 Å². The highest BCUT2D eigenvalue weighted by atomic mass is 16.5. The van der Waals surface area contributed by atoms with Crippen molar-refractivity contribution in [3.8, 4) is 0 Å². The molecule has 22 heavy (non-hydrogen) atoms. The van der Waals surface area contributed by atoms with Gasteiger partial charge in [-0.1, -0.05) is 5.16 Å². The Labute approximate surface area is 129 Å². The van der Waals surface area contributed by atoms with Crippen molar-refractivity contribution < 1.29 is 4.52 Å². The minimum Gasteiger partial charge on any atom is -0.360 e. The Morgan fingerprint density at radius 3 is 2.59 bits per heavy atom. The molecule has 1 fully saturated rings. The molecule has 1 saturated heterocycles. The van der Waals surface area contributed by atoms with Gasteiger partial charge in [0.2, 0.25) is 0 Å². The molecule has 7 nitrogen and oxygen atoms in total. The number of hydrogen-bond donors (Lipinski definition) is 0. The first-order valence-corrected chi connectivity index (χ1v) is 7.60. The molecule has 0 spiro atoms. The fraction of sp³-hybridized carbons (Fsp3) is 0.533. The first kappa shape index (κ1) is 14.9. The molecule has 3 heterocycles. The summed E-state index contributed by atoms with van der Waals surface area (Å²) >= 11 is 0. The zero-order valence-corrected chi connectivity index (χ0v) is 12.8.